The SMILES string of the molecule is CO[C@@H](C)c1ncccc1-c1c2c3cc(ccc3n1CC(F)(F)F)-c1csc(n1)C[C@H](NC(=O)[C@H](C(C)C)N(C)C(=O)N1CC(N(C)C)C1)C(=O)N1CCC[C@@](O)(N1)C(=O)OCC(C)(C)C2. The zero-order chi connectivity index (χ0) is 48.0. The van der Waals surface area contributed by atoms with E-state index in [2.05, 4.69) is 15.7 Å². The molecule has 4 amide bonds. The lowest BCUT2D eigenvalue weighted by Gasteiger charge is -2.45. The Morgan fingerprint density at radius 3 is 2.53 bits per heavy atom. The fourth-order valence-electron chi connectivity index (χ4n) is 9.08. The number of urea groups is 1. The Morgan fingerprint density at radius 1 is 1.14 bits per heavy atom. The summed E-state index contributed by atoms with van der Waals surface area (Å²) in [5.41, 5.74) is 2.56. The number of likely N-dealkylation sites (tertiary alicyclic amines) is 1. The van der Waals surface area contributed by atoms with E-state index in [9.17, 15) is 37.5 Å². The number of carbonyl (C=O) groups excluding carboxylic acids is 4. The predicted molar refractivity (Wildman–Crippen MR) is 242 cm³/mol. The van der Waals surface area contributed by atoms with Crippen molar-refractivity contribution in [3.8, 4) is 22.5 Å². The van der Waals surface area contributed by atoms with Crippen LogP contribution >= 0.6 is 11.3 Å². The first-order chi connectivity index (χ1) is 31.0. The van der Waals surface area contributed by atoms with Gasteiger partial charge >= 0.3 is 18.2 Å². The van der Waals surface area contributed by atoms with Crippen molar-refractivity contribution in [2.75, 3.05) is 54.5 Å². The van der Waals surface area contributed by atoms with Crippen LogP contribution in [0, 0.1) is 11.3 Å². The molecule has 6 heterocycles. The van der Waals surface area contributed by atoms with Gasteiger partial charge in [-0.3, -0.25) is 19.6 Å². The molecule has 66 heavy (non-hydrogen) atoms. The molecule has 0 radical (unpaired) electrons. The highest BCUT2D eigenvalue weighted by Crippen LogP contribution is 2.43. The molecule has 0 saturated carbocycles. The lowest BCUT2D eigenvalue weighted by Crippen LogP contribution is -2.67. The summed E-state index contributed by atoms with van der Waals surface area (Å²) in [6, 6.07) is 6.16. The van der Waals surface area contributed by atoms with Crippen LogP contribution in [0.1, 0.15) is 69.8 Å². The number of rotatable bonds is 9. The zero-order valence-electron chi connectivity index (χ0n) is 38.9. The van der Waals surface area contributed by atoms with Crippen molar-refractivity contribution in [2.45, 2.75) is 103 Å². The minimum atomic E-state index is -4.61. The maximum Gasteiger partial charge on any atom is 0.406 e. The van der Waals surface area contributed by atoms with Crippen LogP contribution in [0.4, 0.5) is 18.0 Å². The van der Waals surface area contributed by atoms with Crippen LogP contribution in [0.2, 0.25) is 0 Å². The zero-order valence-corrected chi connectivity index (χ0v) is 39.7. The highest BCUT2D eigenvalue weighted by molar-refractivity contribution is 7.10. The number of alkyl halides is 3. The van der Waals surface area contributed by atoms with Gasteiger partial charge < -0.3 is 39.2 Å². The number of likely N-dealkylation sites (N-methyl/N-ethyl adjacent to an activating group) is 2. The molecule has 4 aromatic rings. The molecule has 3 aromatic heterocycles. The maximum atomic E-state index is 14.6. The lowest BCUT2D eigenvalue weighted by molar-refractivity contribution is -0.189. The Labute approximate surface area is 386 Å². The number of aromatic nitrogens is 3. The summed E-state index contributed by atoms with van der Waals surface area (Å²) in [7, 11) is 6.94. The molecule has 358 valence electrons. The van der Waals surface area contributed by atoms with Crippen LogP contribution in [0.5, 0.6) is 0 Å². The van der Waals surface area contributed by atoms with Crippen LogP contribution < -0.4 is 10.7 Å². The van der Waals surface area contributed by atoms with E-state index in [0.29, 0.717) is 57.1 Å². The minimum absolute atomic E-state index is 0.0852. The Balaban J connectivity index is 1.33. The third-order valence-corrected chi connectivity index (χ3v) is 13.6. The topological polar surface area (TPSA) is 175 Å². The minimum Gasteiger partial charge on any atom is -0.462 e. The molecule has 1 aromatic carbocycles. The van der Waals surface area contributed by atoms with Gasteiger partial charge in [0.05, 0.1) is 34.8 Å². The van der Waals surface area contributed by atoms with Gasteiger partial charge in [-0.15, -0.1) is 11.3 Å². The molecule has 16 nitrogen and oxygen atoms in total. The average molecular weight is 940 g/mol. The first-order valence-corrected chi connectivity index (χ1v) is 23.0. The largest absolute Gasteiger partial charge is 0.462 e. The number of hydrogen-bond acceptors (Lipinski definition) is 12. The van der Waals surface area contributed by atoms with Crippen molar-refractivity contribution in [1.29, 1.82) is 0 Å². The Hall–Kier alpha value is -5.15. The Bertz CT molecular complexity index is 2470. The monoisotopic (exact) mass is 939 g/mol. The van der Waals surface area contributed by atoms with E-state index in [1.165, 1.54) is 27.9 Å². The van der Waals surface area contributed by atoms with Crippen molar-refractivity contribution in [1.82, 2.24) is 45.0 Å². The average Bonchev–Trinajstić information content (AvgIpc) is 3.81. The van der Waals surface area contributed by atoms with Gasteiger partial charge in [0.25, 0.3) is 5.91 Å². The number of aliphatic hydroxyl groups is 1. The number of nitrogens with one attached hydrogen (secondary N) is 2. The van der Waals surface area contributed by atoms with Crippen molar-refractivity contribution < 1.29 is 46.9 Å². The molecule has 0 unspecified atom stereocenters. The first-order valence-electron chi connectivity index (χ1n) is 22.1. The summed E-state index contributed by atoms with van der Waals surface area (Å²) in [5, 5.41) is 18.5. The Kier molecular flexibility index (Phi) is 13.9. The Morgan fingerprint density at radius 2 is 1.86 bits per heavy atom. The van der Waals surface area contributed by atoms with Gasteiger partial charge in [0.1, 0.15) is 18.6 Å². The highest BCUT2D eigenvalue weighted by atomic mass is 32.1. The van der Waals surface area contributed by atoms with Crippen molar-refractivity contribution in [3.63, 3.8) is 0 Å². The number of amides is 4. The van der Waals surface area contributed by atoms with Crippen molar-refractivity contribution in [3.05, 3.63) is 58.2 Å². The first kappa shape index (κ1) is 48.8. The van der Waals surface area contributed by atoms with Crippen LogP contribution in [0.3, 0.4) is 0 Å². The van der Waals surface area contributed by atoms with E-state index < -0.39 is 59.8 Å². The molecule has 0 aliphatic carbocycles. The van der Waals surface area contributed by atoms with E-state index >= 15 is 0 Å². The number of esters is 1. The summed E-state index contributed by atoms with van der Waals surface area (Å²) in [4.78, 5) is 71.0. The third kappa shape index (κ3) is 10.1. The van der Waals surface area contributed by atoms with Gasteiger partial charge in [-0.05, 0) is 69.6 Å². The third-order valence-electron chi connectivity index (χ3n) is 12.8. The number of methoxy groups -OCH3 is 1. The number of halogens is 3. The van der Waals surface area contributed by atoms with Crippen molar-refractivity contribution in [2.24, 2.45) is 11.3 Å². The standard InChI is InChI=1S/C46H60F3N9O7S/c1-26(2)38(55(8)43(62)56-21-29(22-56)54(6)7)40(59)52-33-19-36-51-34(23-66-36)28-13-14-35-31(18-28)32(20-44(4,5)25-65-42(61)45(63)15-11-17-58(53-45)41(33)60)39(57(35)24-46(47,48)49)30-12-10-16-50-37(30)27(3)64-9/h10,12-14,16,18,23,26-27,29,33,38,53,63H,11,15,17,19-22,24-25H2,1-9H3,(H,52,59)/t27-,33-,38-,45-/m0/s1. The predicted octanol–water partition coefficient (Wildman–Crippen LogP) is 5.39. The van der Waals surface area contributed by atoms with Crippen molar-refractivity contribution >= 4 is 46.1 Å². The smallest absolute Gasteiger partial charge is 0.406 e. The second kappa shape index (κ2) is 18.9. The molecule has 3 aliphatic heterocycles. The van der Waals surface area contributed by atoms with Crippen LogP contribution in [-0.2, 0) is 43.2 Å². The number of thiazole rings is 1. The van der Waals surface area contributed by atoms with Crippen LogP contribution in [0.15, 0.2) is 41.9 Å². The summed E-state index contributed by atoms with van der Waals surface area (Å²) in [5.74, 6) is -2.64. The van der Waals surface area contributed by atoms with Gasteiger partial charge in [0.2, 0.25) is 11.6 Å². The van der Waals surface area contributed by atoms with E-state index in [1.807, 2.05) is 46.7 Å². The number of carbonyl (C=O) groups is 4. The van der Waals surface area contributed by atoms with Crippen LogP contribution in [0.25, 0.3) is 33.4 Å². The summed E-state index contributed by atoms with van der Waals surface area (Å²) in [6.45, 7) is 8.55. The summed E-state index contributed by atoms with van der Waals surface area (Å²) < 4.78 is 56.6. The number of benzene rings is 1. The quantitative estimate of drug-likeness (QED) is 0.184. The molecule has 20 heteroatoms. The van der Waals surface area contributed by atoms with E-state index in [1.54, 1.807) is 60.8 Å². The van der Waals surface area contributed by atoms with Crippen LogP contribution in [-0.4, -0.2) is 148 Å². The molecule has 2 fully saturated rings. The maximum absolute atomic E-state index is 14.6. The number of hydrazine groups is 1. The molecule has 2 saturated heterocycles. The normalized spacial score (nSPS) is 21.7. The number of cyclic esters (lactones) is 1. The van der Waals surface area contributed by atoms with E-state index in [0.717, 1.165) is 5.01 Å². The van der Waals surface area contributed by atoms with Gasteiger partial charge in [0.15, 0.2) is 0 Å². The summed E-state index contributed by atoms with van der Waals surface area (Å²) in [6.07, 6.45) is -3.51. The molecule has 0 spiro atoms. The molecular formula is C46H60F3N9O7S. The number of ether oxygens (including phenoxy) is 2. The molecular weight excluding hydrogens is 880 g/mol. The molecule has 7 rings (SSSR count). The molecule has 4 atom stereocenters. The van der Waals surface area contributed by atoms with E-state index in [4.69, 9.17) is 14.5 Å². The van der Waals surface area contributed by atoms with Gasteiger partial charge in [0, 0.05) is 91.7 Å². The summed E-state index contributed by atoms with van der Waals surface area (Å²) >= 11 is 1.23. The second-order valence-corrected chi connectivity index (χ2v) is 20.0. The molecule has 3 aliphatic rings. The molecule has 3 N–H and O–H groups in total. The van der Waals surface area contributed by atoms with Gasteiger partial charge in [-0.2, -0.15) is 18.6 Å². The number of nitrogens with zero attached hydrogens (tertiary/aromatic N) is 7. The molecule has 6 bridgehead atoms. The lowest BCUT2D eigenvalue weighted by atomic mass is 9.84. The van der Waals surface area contributed by atoms with Gasteiger partial charge in [-0.1, -0.05) is 33.8 Å². The van der Waals surface area contributed by atoms with E-state index in [-0.39, 0.29) is 62.5 Å². The number of pyridine rings is 1. The fourth-order valence-corrected chi connectivity index (χ4v) is 9.93. The second-order valence-electron chi connectivity index (χ2n) is 19.1. The number of fused-ring (bicyclic) bond motifs is 6. The fraction of sp³-hybridized carbons (Fsp3) is 0.565. The highest BCUT2D eigenvalue weighted by Gasteiger charge is 2.46. The number of hydrogen-bond donors (Lipinski definition) is 3. The van der Waals surface area contributed by atoms with Gasteiger partial charge in [-0.25, -0.2) is 14.6 Å².